The van der Waals surface area contributed by atoms with E-state index in [1.54, 1.807) is 0 Å². The topological polar surface area (TPSA) is 100 Å². The van der Waals surface area contributed by atoms with Crippen LogP contribution < -0.4 is 5.32 Å². The van der Waals surface area contributed by atoms with E-state index in [-0.39, 0.29) is 31.1 Å². The molecule has 0 radical (unpaired) electrons. The van der Waals surface area contributed by atoms with Crippen LogP contribution in [0.1, 0.15) is 174 Å². The van der Waals surface area contributed by atoms with Crippen molar-refractivity contribution >= 4 is 30.5 Å². The first-order chi connectivity index (χ1) is 23.0. The molecule has 0 aromatic heterocycles. The van der Waals surface area contributed by atoms with Crippen LogP contribution in [-0.2, 0) is 33.3 Å². The summed E-state index contributed by atoms with van der Waals surface area (Å²) in [6, 6.07) is 0. The molecule has 0 saturated carbocycles. The second-order valence-corrected chi connectivity index (χ2v) is 13.3. The third kappa shape index (κ3) is 35.8. The van der Waals surface area contributed by atoms with Crippen molar-refractivity contribution in [2.45, 2.75) is 180 Å². The molecule has 0 saturated heterocycles. The number of amides is 1. The van der Waals surface area contributed by atoms with Crippen LogP contribution in [0.5, 0.6) is 0 Å². The molecule has 0 aromatic rings. The lowest BCUT2D eigenvalue weighted by Gasteiger charge is -2.18. The van der Waals surface area contributed by atoms with E-state index >= 15 is 0 Å². The van der Waals surface area contributed by atoms with Crippen molar-refractivity contribution in [1.29, 1.82) is 0 Å². The Morgan fingerprint density at radius 3 is 1.47 bits per heavy atom. The summed E-state index contributed by atoms with van der Waals surface area (Å²) in [5.41, 5.74) is 0. The Morgan fingerprint density at radius 1 is 0.532 bits per heavy atom. The maximum Gasteiger partial charge on any atom is 0.306 e. The average molecular weight is 688 g/mol. The highest BCUT2D eigenvalue weighted by Gasteiger charge is 2.17. The van der Waals surface area contributed by atoms with Crippen molar-refractivity contribution in [3.8, 4) is 0 Å². The van der Waals surface area contributed by atoms with Gasteiger partial charge in [-0.2, -0.15) is 12.6 Å². The molecule has 1 atom stereocenters. The summed E-state index contributed by atoms with van der Waals surface area (Å²) in [6.45, 7) is 6.10. The molecule has 0 bridgehead atoms. The molecule has 0 rings (SSSR count). The van der Waals surface area contributed by atoms with Gasteiger partial charge in [-0.1, -0.05) is 142 Å². The molecule has 9 heteroatoms. The molecule has 0 aliphatic carbocycles. The fourth-order valence-corrected chi connectivity index (χ4v) is 5.58. The van der Waals surface area contributed by atoms with Crippen LogP contribution in [0.4, 0.5) is 0 Å². The van der Waals surface area contributed by atoms with E-state index in [0.717, 1.165) is 38.5 Å². The van der Waals surface area contributed by atoms with E-state index in [1.165, 1.54) is 103 Å². The zero-order valence-corrected chi connectivity index (χ0v) is 31.4. The van der Waals surface area contributed by atoms with Crippen molar-refractivity contribution in [1.82, 2.24) is 5.32 Å². The summed E-state index contributed by atoms with van der Waals surface area (Å²) in [7, 11) is 0. The molecule has 1 unspecified atom stereocenters. The van der Waals surface area contributed by atoms with Gasteiger partial charge in [-0.05, 0) is 18.6 Å². The number of esters is 2. The van der Waals surface area contributed by atoms with Gasteiger partial charge in [0.2, 0.25) is 5.91 Å². The number of carbonyl (C=O) groups is 3. The van der Waals surface area contributed by atoms with E-state index in [4.69, 9.17) is 18.9 Å². The highest BCUT2D eigenvalue weighted by atomic mass is 32.1. The monoisotopic (exact) mass is 688 g/mol. The predicted octanol–water partition coefficient (Wildman–Crippen LogP) is 9.31. The Morgan fingerprint density at radius 2 is 0.979 bits per heavy atom. The SMILES string of the molecule is CCCCCCCCCCCCCC(=O)OCC(COCCOCCNC(=O)CCS)OC(=O)CCCCCCCCCCCCC. The normalized spacial score (nSPS) is 11.8. The van der Waals surface area contributed by atoms with Crippen molar-refractivity contribution in [2.24, 2.45) is 0 Å². The van der Waals surface area contributed by atoms with Crippen molar-refractivity contribution in [2.75, 3.05) is 45.3 Å². The minimum absolute atomic E-state index is 0.00110. The first-order valence-electron chi connectivity index (χ1n) is 19.4. The number of unbranched alkanes of at least 4 members (excludes halogenated alkanes) is 20. The number of hydrogen-bond donors (Lipinski definition) is 2. The molecule has 47 heavy (non-hydrogen) atoms. The summed E-state index contributed by atoms with van der Waals surface area (Å²) >= 11 is 4.04. The highest BCUT2D eigenvalue weighted by molar-refractivity contribution is 7.80. The number of hydrogen-bond acceptors (Lipinski definition) is 8. The number of nitrogens with one attached hydrogen (secondary N) is 1. The largest absolute Gasteiger partial charge is 0.462 e. The lowest BCUT2D eigenvalue weighted by Crippen LogP contribution is -2.30. The number of rotatable bonds is 37. The Bertz CT molecular complexity index is 710. The summed E-state index contributed by atoms with van der Waals surface area (Å²) in [6.07, 6.45) is 27.5. The van der Waals surface area contributed by atoms with Gasteiger partial charge in [-0.3, -0.25) is 14.4 Å². The van der Waals surface area contributed by atoms with Crippen molar-refractivity contribution < 1.29 is 33.3 Å². The molecule has 1 amide bonds. The predicted molar refractivity (Wildman–Crippen MR) is 196 cm³/mol. The number of ether oxygens (including phenoxy) is 4. The summed E-state index contributed by atoms with van der Waals surface area (Å²) < 4.78 is 22.3. The van der Waals surface area contributed by atoms with Gasteiger partial charge in [0.1, 0.15) is 6.61 Å². The van der Waals surface area contributed by atoms with E-state index in [0.29, 0.717) is 51.4 Å². The number of thiol groups is 1. The highest BCUT2D eigenvalue weighted by Crippen LogP contribution is 2.14. The van der Waals surface area contributed by atoms with Gasteiger partial charge in [0.05, 0.1) is 26.4 Å². The first kappa shape index (κ1) is 45.7. The van der Waals surface area contributed by atoms with E-state index in [2.05, 4.69) is 31.8 Å². The zero-order valence-electron chi connectivity index (χ0n) is 30.5. The van der Waals surface area contributed by atoms with E-state index in [1.807, 2.05) is 0 Å². The maximum absolute atomic E-state index is 12.6. The molecule has 0 aliphatic rings. The maximum atomic E-state index is 12.6. The second kappa shape index (κ2) is 37.5. The Labute approximate surface area is 294 Å². The lowest BCUT2D eigenvalue weighted by molar-refractivity contribution is -0.163. The van der Waals surface area contributed by atoms with E-state index < -0.39 is 6.10 Å². The molecule has 1 N–H and O–H groups in total. The van der Waals surface area contributed by atoms with Gasteiger partial charge in [0, 0.05) is 25.8 Å². The van der Waals surface area contributed by atoms with Gasteiger partial charge in [-0.15, -0.1) is 0 Å². The van der Waals surface area contributed by atoms with Crippen LogP contribution in [0.15, 0.2) is 0 Å². The molecule has 0 heterocycles. The van der Waals surface area contributed by atoms with Crippen molar-refractivity contribution in [3.63, 3.8) is 0 Å². The van der Waals surface area contributed by atoms with Crippen molar-refractivity contribution in [3.05, 3.63) is 0 Å². The molecule has 0 fully saturated rings. The van der Waals surface area contributed by atoms with Gasteiger partial charge < -0.3 is 24.3 Å². The van der Waals surface area contributed by atoms with Crippen LogP contribution in [-0.4, -0.2) is 69.3 Å². The summed E-state index contributed by atoms with van der Waals surface area (Å²) in [4.78, 5) is 36.4. The van der Waals surface area contributed by atoms with Crippen LogP contribution in [0.2, 0.25) is 0 Å². The smallest absolute Gasteiger partial charge is 0.306 e. The van der Waals surface area contributed by atoms with Crippen LogP contribution in [0, 0.1) is 0 Å². The third-order valence-electron chi connectivity index (χ3n) is 8.28. The standard InChI is InChI=1S/C38H73NO7S/c1-3-5-7-9-11-13-15-17-19-21-23-25-37(41)45-34-35(33-44-31-30-43-29-28-39-36(40)27-32-47)46-38(42)26-24-22-20-18-16-14-12-10-8-6-4-2/h35,47H,3-34H2,1-2H3,(H,39,40). The van der Waals surface area contributed by atoms with Crippen LogP contribution in [0.3, 0.4) is 0 Å². The Balaban J connectivity index is 4.23. The molecular weight excluding hydrogens is 614 g/mol. The molecule has 0 aromatic carbocycles. The minimum Gasteiger partial charge on any atom is -0.462 e. The third-order valence-corrected chi connectivity index (χ3v) is 8.50. The molecule has 8 nitrogen and oxygen atoms in total. The van der Waals surface area contributed by atoms with Crippen LogP contribution in [0.25, 0.3) is 0 Å². The molecule has 0 aliphatic heterocycles. The second-order valence-electron chi connectivity index (χ2n) is 12.9. The van der Waals surface area contributed by atoms with Gasteiger partial charge in [-0.25, -0.2) is 0 Å². The fourth-order valence-electron chi connectivity index (χ4n) is 5.37. The average Bonchev–Trinajstić information content (AvgIpc) is 3.06. The number of carbonyl (C=O) groups excluding carboxylic acids is 3. The van der Waals surface area contributed by atoms with Crippen LogP contribution >= 0.6 is 12.6 Å². The molecular formula is C38H73NO7S. The van der Waals surface area contributed by atoms with Gasteiger partial charge in [0.15, 0.2) is 6.10 Å². The lowest BCUT2D eigenvalue weighted by atomic mass is 10.1. The Hall–Kier alpha value is -1.32. The Kier molecular flexibility index (Phi) is 36.4. The minimum atomic E-state index is -0.642. The summed E-state index contributed by atoms with van der Waals surface area (Å²) in [5.74, 6) is -0.0595. The molecule has 0 spiro atoms. The molecule has 278 valence electrons. The summed E-state index contributed by atoms with van der Waals surface area (Å²) in [5, 5.41) is 2.76. The first-order valence-corrected chi connectivity index (χ1v) is 20.0. The zero-order chi connectivity index (χ0) is 34.5. The van der Waals surface area contributed by atoms with E-state index in [9.17, 15) is 14.4 Å². The van der Waals surface area contributed by atoms with Gasteiger partial charge in [0.25, 0.3) is 0 Å². The quantitative estimate of drug-likeness (QED) is 0.0381. The fraction of sp³-hybridized carbons (Fsp3) is 0.921. The van der Waals surface area contributed by atoms with Gasteiger partial charge >= 0.3 is 11.9 Å².